The monoisotopic (exact) mass is 298 g/mol. The van der Waals surface area contributed by atoms with Crippen molar-refractivity contribution in [3.05, 3.63) is 28.8 Å². The van der Waals surface area contributed by atoms with Gasteiger partial charge in [-0.25, -0.2) is 0 Å². The minimum Gasteiger partial charge on any atom is -0.481 e. The molecular formula is C15H23ClN2O2. The number of carboxylic acid groups (broad SMARTS) is 1. The van der Waals surface area contributed by atoms with Crippen molar-refractivity contribution in [3.8, 4) is 0 Å². The molecule has 4 nitrogen and oxygen atoms in total. The average molecular weight is 299 g/mol. The van der Waals surface area contributed by atoms with Gasteiger partial charge in [-0.2, -0.15) is 0 Å². The molecular weight excluding hydrogens is 276 g/mol. The highest BCUT2D eigenvalue weighted by atomic mass is 35.5. The largest absolute Gasteiger partial charge is 0.481 e. The standard InChI is InChI=1S/C15H23ClN2O2/c1-12-13(16)6-4-7-14(12)18(11-8-15(19)20)10-5-9-17(2)3/h4,6-7H,5,8-11H2,1-3H3,(H,19,20). The Hall–Kier alpha value is -1.26. The third kappa shape index (κ3) is 5.39. The highest BCUT2D eigenvalue weighted by Gasteiger charge is 2.12. The molecule has 0 unspecified atom stereocenters. The van der Waals surface area contributed by atoms with Gasteiger partial charge in [0, 0.05) is 23.8 Å². The number of hydrogen-bond donors (Lipinski definition) is 1. The molecule has 1 aromatic rings. The van der Waals surface area contributed by atoms with Crippen LogP contribution in [0.3, 0.4) is 0 Å². The summed E-state index contributed by atoms with van der Waals surface area (Å²) in [7, 11) is 4.07. The lowest BCUT2D eigenvalue weighted by molar-refractivity contribution is -0.136. The molecule has 1 N–H and O–H groups in total. The molecule has 0 radical (unpaired) electrons. The molecule has 0 aromatic heterocycles. The van der Waals surface area contributed by atoms with E-state index in [1.165, 1.54) is 0 Å². The molecule has 0 fully saturated rings. The molecule has 0 aliphatic carbocycles. The van der Waals surface area contributed by atoms with Crippen molar-refractivity contribution in [3.63, 3.8) is 0 Å². The van der Waals surface area contributed by atoms with Crippen molar-refractivity contribution in [2.75, 3.05) is 38.6 Å². The molecule has 1 rings (SSSR count). The summed E-state index contributed by atoms with van der Waals surface area (Å²) in [5.74, 6) is -0.776. The number of aliphatic carboxylic acids is 1. The summed E-state index contributed by atoms with van der Waals surface area (Å²) in [5, 5.41) is 9.60. The first-order valence-corrected chi connectivity index (χ1v) is 7.16. The fourth-order valence-corrected chi connectivity index (χ4v) is 2.27. The van der Waals surface area contributed by atoms with Crippen molar-refractivity contribution >= 4 is 23.3 Å². The lowest BCUT2D eigenvalue weighted by atomic mass is 10.1. The van der Waals surface area contributed by atoms with E-state index in [4.69, 9.17) is 16.7 Å². The van der Waals surface area contributed by atoms with Gasteiger partial charge in [-0.3, -0.25) is 4.79 Å². The number of halogens is 1. The first-order chi connectivity index (χ1) is 9.41. The predicted octanol–water partition coefficient (Wildman–Crippen LogP) is 2.88. The summed E-state index contributed by atoms with van der Waals surface area (Å²) in [4.78, 5) is 15.0. The van der Waals surface area contributed by atoms with Crippen molar-refractivity contribution in [1.29, 1.82) is 0 Å². The van der Waals surface area contributed by atoms with Crippen LogP contribution in [-0.4, -0.2) is 49.7 Å². The predicted molar refractivity (Wildman–Crippen MR) is 83.8 cm³/mol. The van der Waals surface area contributed by atoms with Crippen molar-refractivity contribution < 1.29 is 9.90 Å². The molecule has 1 aromatic carbocycles. The van der Waals surface area contributed by atoms with Gasteiger partial charge in [-0.15, -0.1) is 0 Å². The van der Waals surface area contributed by atoms with E-state index in [9.17, 15) is 4.79 Å². The van der Waals surface area contributed by atoms with E-state index < -0.39 is 5.97 Å². The summed E-state index contributed by atoms with van der Waals surface area (Å²) < 4.78 is 0. The number of carboxylic acids is 1. The van der Waals surface area contributed by atoms with E-state index >= 15 is 0 Å². The zero-order valence-electron chi connectivity index (χ0n) is 12.4. The van der Waals surface area contributed by atoms with Crippen molar-refractivity contribution in [1.82, 2.24) is 4.90 Å². The number of carbonyl (C=O) groups is 1. The number of rotatable bonds is 8. The molecule has 112 valence electrons. The number of benzene rings is 1. The van der Waals surface area contributed by atoms with Crippen LogP contribution in [0.5, 0.6) is 0 Å². The topological polar surface area (TPSA) is 43.8 Å². The van der Waals surface area contributed by atoms with E-state index in [1.54, 1.807) is 0 Å². The molecule has 0 aliphatic heterocycles. The van der Waals surface area contributed by atoms with Gasteiger partial charge < -0.3 is 14.9 Å². The van der Waals surface area contributed by atoms with Gasteiger partial charge in [0.25, 0.3) is 0 Å². The van der Waals surface area contributed by atoms with E-state index in [0.717, 1.165) is 35.8 Å². The fourth-order valence-electron chi connectivity index (χ4n) is 2.10. The second-order valence-electron chi connectivity index (χ2n) is 5.17. The minimum atomic E-state index is -0.776. The summed E-state index contributed by atoms with van der Waals surface area (Å²) in [6, 6.07) is 5.76. The van der Waals surface area contributed by atoms with E-state index in [-0.39, 0.29) is 6.42 Å². The van der Waals surface area contributed by atoms with Crippen LogP contribution in [0.25, 0.3) is 0 Å². The molecule has 0 saturated carbocycles. The molecule has 0 spiro atoms. The molecule has 0 amide bonds. The van der Waals surface area contributed by atoms with Gasteiger partial charge in [0.1, 0.15) is 0 Å². The summed E-state index contributed by atoms with van der Waals surface area (Å²) >= 11 is 6.15. The van der Waals surface area contributed by atoms with Gasteiger partial charge in [-0.05, 0) is 51.7 Å². The van der Waals surface area contributed by atoms with Gasteiger partial charge in [-0.1, -0.05) is 17.7 Å². The summed E-state index contributed by atoms with van der Waals surface area (Å²) in [6.07, 6.45) is 1.12. The van der Waals surface area contributed by atoms with Gasteiger partial charge in [0.2, 0.25) is 0 Å². The van der Waals surface area contributed by atoms with Crippen molar-refractivity contribution in [2.45, 2.75) is 19.8 Å². The fraction of sp³-hybridized carbons (Fsp3) is 0.533. The van der Waals surface area contributed by atoms with Crippen LogP contribution in [0.4, 0.5) is 5.69 Å². The maximum atomic E-state index is 10.8. The Balaban J connectivity index is 2.79. The highest BCUT2D eigenvalue weighted by molar-refractivity contribution is 6.31. The normalized spacial score (nSPS) is 10.8. The Labute approximate surface area is 125 Å². The zero-order valence-corrected chi connectivity index (χ0v) is 13.2. The summed E-state index contributed by atoms with van der Waals surface area (Å²) in [5.41, 5.74) is 2.03. The Bertz CT molecular complexity index is 449. The quantitative estimate of drug-likeness (QED) is 0.801. The summed E-state index contributed by atoms with van der Waals surface area (Å²) in [6.45, 7) is 4.27. The number of hydrogen-bond acceptors (Lipinski definition) is 3. The molecule has 0 atom stereocenters. The molecule has 0 aliphatic rings. The number of anilines is 1. The van der Waals surface area contributed by atoms with Gasteiger partial charge in [0.05, 0.1) is 6.42 Å². The second kappa shape index (κ2) is 8.12. The first kappa shape index (κ1) is 16.8. The maximum Gasteiger partial charge on any atom is 0.305 e. The Morgan fingerprint density at radius 3 is 2.55 bits per heavy atom. The lowest BCUT2D eigenvalue weighted by Crippen LogP contribution is -2.30. The van der Waals surface area contributed by atoms with Crippen LogP contribution >= 0.6 is 11.6 Å². The van der Waals surface area contributed by atoms with Crippen LogP contribution in [0.2, 0.25) is 5.02 Å². The highest BCUT2D eigenvalue weighted by Crippen LogP contribution is 2.26. The molecule has 0 bridgehead atoms. The van der Waals surface area contributed by atoms with Crippen LogP contribution in [-0.2, 0) is 4.79 Å². The van der Waals surface area contributed by atoms with E-state index in [1.807, 2.05) is 39.2 Å². The average Bonchev–Trinajstić information content (AvgIpc) is 2.36. The Morgan fingerprint density at radius 1 is 1.25 bits per heavy atom. The lowest BCUT2D eigenvalue weighted by Gasteiger charge is -2.27. The molecule has 20 heavy (non-hydrogen) atoms. The smallest absolute Gasteiger partial charge is 0.305 e. The van der Waals surface area contributed by atoms with Crippen LogP contribution in [0, 0.1) is 6.92 Å². The van der Waals surface area contributed by atoms with E-state index in [2.05, 4.69) is 9.80 Å². The Kier molecular flexibility index (Phi) is 6.82. The van der Waals surface area contributed by atoms with Crippen LogP contribution < -0.4 is 4.90 Å². The molecule has 0 heterocycles. The minimum absolute atomic E-state index is 0.133. The second-order valence-corrected chi connectivity index (χ2v) is 5.58. The Morgan fingerprint density at radius 2 is 1.95 bits per heavy atom. The van der Waals surface area contributed by atoms with Crippen LogP contribution in [0.15, 0.2) is 18.2 Å². The SMILES string of the molecule is Cc1c(Cl)cccc1N(CCCN(C)C)CCC(=O)O. The van der Waals surface area contributed by atoms with Gasteiger partial charge in [0.15, 0.2) is 0 Å². The van der Waals surface area contributed by atoms with E-state index in [0.29, 0.717) is 6.54 Å². The van der Waals surface area contributed by atoms with Crippen molar-refractivity contribution in [2.24, 2.45) is 0 Å². The maximum absolute atomic E-state index is 10.8. The third-order valence-electron chi connectivity index (χ3n) is 3.21. The molecule has 0 saturated heterocycles. The van der Waals surface area contributed by atoms with Gasteiger partial charge >= 0.3 is 5.97 Å². The van der Waals surface area contributed by atoms with Crippen LogP contribution in [0.1, 0.15) is 18.4 Å². The third-order valence-corrected chi connectivity index (χ3v) is 3.62. The first-order valence-electron chi connectivity index (χ1n) is 6.78. The zero-order chi connectivity index (χ0) is 15.1. The molecule has 5 heteroatoms. The number of nitrogens with zero attached hydrogens (tertiary/aromatic N) is 2.